The molecule has 1 N–H and O–H groups in total. The van der Waals surface area contributed by atoms with E-state index in [1.165, 1.54) is 9.58 Å². The molecule has 0 radical (unpaired) electrons. The molecule has 2 heterocycles. The van der Waals surface area contributed by atoms with E-state index in [0.717, 1.165) is 0 Å². The number of aromatic nitrogens is 2. The molecule has 0 aliphatic carbocycles. The van der Waals surface area contributed by atoms with Crippen molar-refractivity contribution >= 4 is 17.5 Å². The zero-order valence-electron chi connectivity index (χ0n) is 15.7. The molecule has 1 aliphatic rings. The van der Waals surface area contributed by atoms with Gasteiger partial charge in [-0.15, -0.1) is 0 Å². The number of rotatable bonds is 7. The minimum atomic E-state index is -0.906. The number of morpholine rings is 1. The highest BCUT2D eigenvalue weighted by Crippen LogP contribution is 2.18. The number of hydrogen-bond donors (Lipinski definition) is 1. The van der Waals surface area contributed by atoms with Crippen LogP contribution in [0.4, 0.5) is 5.69 Å². The van der Waals surface area contributed by atoms with Crippen molar-refractivity contribution in [3.8, 4) is 11.7 Å². The summed E-state index contributed by atoms with van der Waals surface area (Å²) in [5, 5.41) is 17.9. The second-order valence-electron chi connectivity index (χ2n) is 6.26. The molecule has 1 fully saturated rings. The Morgan fingerprint density at radius 3 is 2.82 bits per heavy atom. The molecule has 1 aliphatic heterocycles. The monoisotopic (exact) mass is 390 g/mol. The summed E-state index contributed by atoms with van der Waals surface area (Å²) in [7, 11) is 1.56. The average molecular weight is 390 g/mol. The molecule has 10 nitrogen and oxygen atoms in total. The standard InChI is InChI=1S/C18H22N4O6/c1-3-26-13-6-4-12(5-7-13)19-16(23)10-15-17(24)22(8-9-27-15)11-14-18(25)28-20-21(14)2/h4-7,15H,3,8-11H2,1-2H3,(H-,19,20,23,25). The first-order chi connectivity index (χ1) is 13.5. The summed E-state index contributed by atoms with van der Waals surface area (Å²) in [6.07, 6.45) is -1.03. The van der Waals surface area contributed by atoms with Gasteiger partial charge in [-0.05, 0) is 31.2 Å². The van der Waals surface area contributed by atoms with E-state index < -0.39 is 12.1 Å². The van der Waals surface area contributed by atoms with E-state index in [1.54, 1.807) is 31.3 Å². The van der Waals surface area contributed by atoms with Gasteiger partial charge in [-0.1, -0.05) is 4.68 Å². The van der Waals surface area contributed by atoms with Crippen molar-refractivity contribution in [2.45, 2.75) is 26.0 Å². The molecule has 2 amide bonds. The van der Waals surface area contributed by atoms with E-state index in [9.17, 15) is 14.7 Å². The zero-order valence-corrected chi connectivity index (χ0v) is 15.7. The summed E-state index contributed by atoms with van der Waals surface area (Å²) in [5.41, 5.74) is 0.855. The van der Waals surface area contributed by atoms with Gasteiger partial charge in [0, 0.05) is 12.2 Å². The maximum absolute atomic E-state index is 12.6. The molecule has 28 heavy (non-hydrogen) atoms. The number of carbonyl (C=O) groups is 2. The highest BCUT2D eigenvalue weighted by atomic mass is 16.6. The molecule has 0 bridgehead atoms. The molecule has 1 saturated heterocycles. The molecular formula is C18H22N4O6. The third kappa shape index (κ3) is 4.58. The summed E-state index contributed by atoms with van der Waals surface area (Å²) in [6, 6.07) is 6.95. The molecule has 1 atom stereocenters. The van der Waals surface area contributed by atoms with Crippen LogP contribution in [0.15, 0.2) is 28.8 Å². The first-order valence-corrected chi connectivity index (χ1v) is 8.93. The first-order valence-electron chi connectivity index (χ1n) is 8.93. The second-order valence-corrected chi connectivity index (χ2v) is 6.26. The van der Waals surface area contributed by atoms with Gasteiger partial charge in [0.15, 0.2) is 13.0 Å². The molecule has 150 valence electrons. The lowest BCUT2D eigenvalue weighted by molar-refractivity contribution is -0.746. The van der Waals surface area contributed by atoms with Crippen molar-refractivity contribution in [2.75, 3.05) is 25.1 Å². The van der Waals surface area contributed by atoms with Gasteiger partial charge in [0.25, 0.3) is 11.6 Å². The van der Waals surface area contributed by atoms with Crippen LogP contribution < -0.4 is 19.8 Å². The van der Waals surface area contributed by atoms with E-state index in [2.05, 4.69) is 15.1 Å². The Balaban J connectivity index is 1.57. The molecule has 3 rings (SSSR count). The van der Waals surface area contributed by atoms with Gasteiger partial charge in [-0.2, -0.15) is 0 Å². The molecule has 1 unspecified atom stereocenters. The fourth-order valence-electron chi connectivity index (χ4n) is 2.86. The Labute approximate surface area is 161 Å². The Hall–Kier alpha value is -3.14. The maximum atomic E-state index is 12.6. The quantitative estimate of drug-likeness (QED) is 0.646. The van der Waals surface area contributed by atoms with E-state index in [-0.39, 0.29) is 37.1 Å². The van der Waals surface area contributed by atoms with Crippen LogP contribution in [0.25, 0.3) is 0 Å². The maximum Gasteiger partial charge on any atom is 0.252 e. The van der Waals surface area contributed by atoms with Gasteiger partial charge in [-0.25, -0.2) is 0 Å². The van der Waals surface area contributed by atoms with Crippen LogP contribution in [0.5, 0.6) is 11.7 Å². The fraction of sp³-hybridized carbons (Fsp3) is 0.444. The molecular weight excluding hydrogens is 368 g/mol. The van der Waals surface area contributed by atoms with Crippen molar-refractivity contribution in [2.24, 2.45) is 7.05 Å². The van der Waals surface area contributed by atoms with Crippen LogP contribution in [-0.2, 0) is 27.9 Å². The number of nitrogens with one attached hydrogen (secondary N) is 1. The van der Waals surface area contributed by atoms with Gasteiger partial charge in [-0.3, -0.25) is 9.59 Å². The van der Waals surface area contributed by atoms with Crippen LogP contribution in [0.1, 0.15) is 19.0 Å². The second kappa shape index (κ2) is 8.70. The van der Waals surface area contributed by atoms with Gasteiger partial charge in [0.1, 0.15) is 18.4 Å². The van der Waals surface area contributed by atoms with E-state index in [0.29, 0.717) is 24.6 Å². The molecule has 0 saturated carbocycles. The number of nitrogens with zero attached hydrogens (tertiary/aromatic N) is 3. The zero-order chi connectivity index (χ0) is 20.1. The Morgan fingerprint density at radius 2 is 2.18 bits per heavy atom. The Morgan fingerprint density at radius 1 is 1.43 bits per heavy atom. The predicted octanol–water partition coefficient (Wildman–Crippen LogP) is -0.272. The number of benzene rings is 1. The summed E-state index contributed by atoms with van der Waals surface area (Å²) in [6.45, 7) is 3.10. The highest BCUT2D eigenvalue weighted by molar-refractivity contribution is 5.95. The number of anilines is 1. The van der Waals surface area contributed by atoms with E-state index in [4.69, 9.17) is 9.47 Å². The van der Waals surface area contributed by atoms with Gasteiger partial charge < -0.3 is 29.3 Å². The number of amides is 2. The molecule has 10 heteroatoms. The minimum Gasteiger partial charge on any atom is -0.539 e. The van der Waals surface area contributed by atoms with Gasteiger partial charge in [0.05, 0.1) is 24.9 Å². The number of ether oxygens (including phenoxy) is 2. The minimum absolute atomic E-state index is 0.0536. The lowest BCUT2D eigenvalue weighted by Crippen LogP contribution is -2.50. The highest BCUT2D eigenvalue weighted by Gasteiger charge is 2.33. The average Bonchev–Trinajstić information content (AvgIpc) is 2.98. The van der Waals surface area contributed by atoms with Crippen LogP contribution >= 0.6 is 0 Å². The van der Waals surface area contributed by atoms with E-state index in [1.807, 2.05) is 6.92 Å². The van der Waals surface area contributed by atoms with Crippen molar-refractivity contribution in [1.82, 2.24) is 10.2 Å². The number of carbonyl (C=O) groups excluding carboxylic acids is 2. The summed E-state index contributed by atoms with van der Waals surface area (Å²) in [4.78, 5) is 26.4. The van der Waals surface area contributed by atoms with Gasteiger partial charge >= 0.3 is 0 Å². The third-order valence-corrected chi connectivity index (χ3v) is 4.30. The molecule has 0 spiro atoms. The Bertz CT molecular complexity index is 816. The van der Waals surface area contributed by atoms with E-state index >= 15 is 0 Å². The largest absolute Gasteiger partial charge is 0.539 e. The normalized spacial score (nSPS) is 16.9. The lowest BCUT2D eigenvalue weighted by Gasteiger charge is -2.31. The number of aryl methyl sites for hydroxylation is 1. The molecule has 2 aromatic rings. The van der Waals surface area contributed by atoms with Crippen molar-refractivity contribution < 1.29 is 33.4 Å². The third-order valence-electron chi connectivity index (χ3n) is 4.30. The topological polar surface area (TPSA) is 121 Å². The Kier molecular flexibility index (Phi) is 6.09. The molecule has 1 aromatic heterocycles. The van der Waals surface area contributed by atoms with Crippen molar-refractivity contribution in [1.29, 1.82) is 0 Å². The van der Waals surface area contributed by atoms with Crippen LogP contribution in [0.3, 0.4) is 0 Å². The van der Waals surface area contributed by atoms with Crippen molar-refractivity contribution in [3.05, 3.63) is 30.0 Å². The molecule has 1 aromatic carbocycles. The summed E-state index contributed by atoms with van der Waals surface area (Å²) < 4.78 is 16.7. The van der Waals surface area contributed by atoms with Gasteiger partial charge in [0.2, 0.25) is 5.91 Å². The number of hydrogen-bond acceptors (Lipinski definition) is 7. The van der Waals surface area contributed by atoms with Crippen LogP contribution in [0, 0.1) is 0 Å². The predicted molar refractivity (Wildman–Crippen MR) is 93.1 cm³/mol. The summed E-state index contributed by atoms with van der Waals surface area (Å²) in [5.74, 6) is -0.578. The van der Waals surface area contributed by atoms with Crippen molar-refractivity contribution in [3.63, 3.8) is 0 Å². The lowest BCUT2D eigenvalue weighted by atomic mass is 10.1. The van der Waals surface area contributed by atoms with Crippen LogP contribution in [0.2, 0.25) is 0 Å². The smallest absolute Gasteiger partial charge is 0.252 e. The first kappa shape index (κ1) is 19.6. The SMILES string of the molecule is CCOc1ccc(NC(=O)CC2OCCN(Cc3c([O-])on[n+]3C)C2=O)cc1. The fourth-order valence-corrected chi connectivity index (χ4v) is 2.86. The van der Waals surface area contributed by atoms with Crippen LogP contribution in [-0.4, -0.2) is 47.8 Å². The summed E-state index contributed by atoms with van der Waals surface area (Å²) >= 11 is 0.